The largest absolute Gasteiger partial charge is 0.340 e. The van der Waals surface area contributed by atoms with Gasteiger partial charge in [-0.25, -0.2) is 0 Å². The van der Waals surface area contributed by atoms with Crippen LogP contribution >= 0.6 is 24.8 Å². The van der Waals surface area contributed by atoms with E-state index in [1.54, 1.807) is 0 Å². The third kappa shape index (κ3) is 5.47. The summed E-state index contributed by atoms with van der Waals surface area (Å²) in [7, 11) is 0. The van der Waals surface area contributed by atoms with Crippen LogP contribution in [0.25, 0.3) is 0 Å². The molecule has 6 nitrogen and oxygen atoms in total. The first-order valence-electron chi connectivity index (χ1n) is 10.7. The average molecular weight is 457 g/mol. The molecule has 0 aromatic heterocycles. The van der Waals surface area contributed by atoms with Crippen LogP contribution in [-0.4, -0.2) is 67.4 Å². The Hall–Kier alpha value is -1.34. The van der Waals surface area contributed by atoms with Gasteiger partial charge in [0, 0.05) is 37.8 Å². The summed E-state index contributed by atoms with van der Waals surface area (Å²) in [5.41, 5.74) is 2.36. The lowest BCUT2D eigenvalue weighted by molar-refractivity contribution is -0.135. The molecule has 3 fully saturated rings. The van der Waals surface area contributed by atoms with Crippen molar-refractivity contribution < 1.29 is 9.59 Å². The molecule has 2 amide bonds. The van der Waals surface area contributed by atoms with Crippen LogP contribution in [0.3, 0.4) is 0 Å². The van der Waals surface area contributed by atoms with Crippen LogP contribution in [-0.2, 0) is 16.0 Å². The topological polar surface area (TPSA) is 64.7 Å². The van der Waals surface area contributed by atoms with Crippen molar-refractivity contribution in [1.29, 1.82) is 0 Å². The highest BCUT2D eigenvalue weighted by Crippen LogP contribution is 2.59. The minimum Gasteiger partial charge on any atom is -0.340 e. The molecular formula is C22H34Cl2N4O2. The summed E-state index contributed by atoms with van der Waals surface area (Å²) < 4.78 is 0. The molecule has 2 aliphatic heterocycles. The van der Waals surface area contributed by atoms with Crippen LogP contribution in [0.1, 0.15) is 31.7 Å². The Bertz CT molecular complexity index is 732. The zero-order valence-electron chi connectivity index (χ0n) is 17.7. The van der Waals surface area contributed by atoms with Crippen molar-refractivity contribution in [2.75, 3.05) is 51.1 Å². The highest BCUT2D eigenvalue weighted by molar-refractivity contribution is 5.93. The van der Waals surface area contributed by atoms with Gasteiger partial charge >= 0.3 is 0 Å². The molecule has 0 radical (unpaired) electrons. The van der Waals surface area contributed by atoms with Crippen molar-refractivity contribution in [2.45, 2.75) is 32.6 Å². The van der Waals surface area contributed by atoms with Crippen LogP contribution < -0.4 is 10.6 Å². The van der Waals surface area contributed by atoms with E-state index in [9.17, 15) is 9.59 Å². The molecule has 1 aromatic rings. The number of nitrogens with zero attached hydrogens (tertiary/aromatic N) is 2. The van der Waals surface area contributed by atoms with Crippen molar-refractivity contribution in [1.82, 2.24) is 15.1 Å². The Kier molecular flexibility index (Phi) is 8.98. The lowest BCUT2D eigenvalue weighted by Gasteiger charge is -2.35. The average Bonchev–Trinajstić information content (AvgIpc) is 3.41. The molecule has 2 saturated heterocycles. The molecule has 168 valence electrons. The molecule has 2 N–H and O–H groups in total. The predicted octanol–water partition coefficient (Wildman–Crippen LogP) is 2.57. The van der Waals surface area contributed by atoms with Gasteiger partial charge in [0.25, 0.3) is 0 Å². The first-order valence-corrected chi connectivity index (χ1v) is 10.7. The zero-order valence-corrected chi connectivity index (χ0v) is 19.3. The SMILES string of the molecule is CCc1ccccc1NC(=O)CN1CCN(C(=O)C2CC23CCNCC3)CC1.Cl.Cl. The Balaban J connectivity index is 0.00000160. The normalized spacial score (nSPS) is 22.6. The van der Waals surface area contributed by atoms with Crippen molar-refractivity contribution in [2.24, 2.45) is 11.3 Å². The second-order valence-electron chi connectivity index (χ2n) is 8.53. The second-order valence-corrected chi connectivity index (χ2v) is 8.53. The number of piperazine rings is 1. The number of anilines is 1. The summed E-state index contributed by atoms with van der Waals surface area (Å²) in [6.07, 6.45) is 4.26. The summed E-state index contributed by atoms with van der Waals surface area (Å²) in [6.45, 7) is 7.60. The molecule has 30 heavy (non-hydrogen) atoms. The third-order valence-electron chi connectivity index (χ3n) is 6.81. The van der Waals surface area contributed by atoms with Crippen LogP contribution in [0.4, 0.5) is 5.69 Å². The molecule has 8 heteroatoms. The van der Waals surface area contributed by atoms with Gasteiger partial charge in [-0.3, -0.25) is 14.5 Å². The van der Waals surface area contributed by atoms with Crippen molar-refractivity contribution in [3.8, 4) is 0 Å². The number of piperidine rings is 1. The predicted molar refractivity (Wildman–Crippen MR) is 125 cm³/mol. The molecule has 1 unspecified atom stereocenters. The fourth-order valence-corrected chi connectivity index (χ4v) is 4.86. The van der Waals surface area contributed by atoms with E-state index in [0.29, 0.717) is 17.9 Å². The Morgan fingerprint density at radius 1 is 1.10 bits per heavy atom. The maximum Gasteiger partial charge on any atom is 0.238 e. The number of hydrogen-bond donors (Lipinski definition) is 2. The van der Waals surface area contributed by atoms with E-state index in [-0.39, 0.29) is 36.6 Å². The lowest BCUT2D eigenvalue weighted by Crippen LogP contribution is -2.51. The number of nitrogens with one attached hydrogen (secondary N) is 2. The molecule has 1 aliphatic carbocycles. The highest BCUT2D eigenvalue weighted by atomic mass is 35.5. The molecule has 2 heterocycles. The van der Waals surface area contributed by atoms with Gasteiger partial charge in [-0.2, -0.15) is 0 Å². The maximum absolute atomic E-state index is 12.9. The van der Waals surface area contributed by atoms with Gasteiger partial charge in [0.1, 0.15) is 0 Å². The molecule has 1 aromatic carbocycles. The van der Waals surface area contributed by atoms with E-state index >= 15 is 0 Å². The number of carbonyl (C=O) groups is 2. The molecule has 0 bridgehead atoms. The van der Waals surface area contributed by atoms with E-state index in [4.69, 9.17) is 0 Å². The fraction of sp³-hybridized carbons (Fsp3) is 0.636. The van der Waals surface area contributed by atoms with Gasteiger partial charge in [-0.1, -0.05) is 25.1 Å². The van der Waals surface area contributed by atoms with Gasteiger partial charge in [0.15, 0.2) is 0 Å². The number of hydrogen-bond acceptors (Lipinski definition) is 4. The molecule has 1 atom stereocenters. The van der Waals surface area contributed by atoms with Gasteiger partial charge in [-0.15, -0.1) is 24.8 Å². The van der Waals surface area contributed by atoms with Crippen molar-refractivity contribution >= 4 is 42.3 Å². The van der Waals surface area contributed by atoms with Gasteiger partial charge < -0.3 is 15.5 Å². The minimum atomic E-state index is 0. The summed E-state index contributed by atoms with van der Waals surface area (Å²) in [4.78, 5) is 29.5. The maximum atomic E-state index is 12.9. The first kappa shape index (κ1) is 24.9. The van der Waals surface area contributed by atoms with Crippen LogP contribution in [0.15, 0.2) is 24.3 Å². The monoisotopic (exact) mass is 456 g/mol. The van der Waals surface area contributed by atoms with Gasteiger partial charge in [0.05, 0.1) is 6.54 Å². The highest BCUT2D eigenvalue weighted by Gasteiger charge is 2.58. The number of benzene rings is 1. The molecule has 3 aliphatic rings. The van der Waals surface area contributed by atoms with E-state index in [1.807, 2.05) is 29.2 Å². The van der Waals surface area contributed by atoms with Crippen molar-refractivity contribution in [3.63, 3.8) is 0 Å². The van der Waals surface area contributed by atoms with Crippen LogP contribution in [0.5, 0.6) is 0 Å². The molecular weight excluding hydrogens is 423 g/mol. The number of carbonyl (C=O) groups excluding carboxylic acids is 2. The minimum absolute atomic E-state index is 0. The smallest absolute Gasteiger partial charge is 0.238 e. The van der Waals surface area contributed by atoms with E-state index < -0.39 is 0 Å². The van der Waals surface area contributed by atoms with Crippen LogP contribution in [0, 0.1) is 11.3 Å². The quantitative estimate of drug-likeness (QED) is 0.714. The summed E-state index contributed by atoms with van der Waals surface area (Å²) in [5.74, 6) is 0.620. The molecule has 1 spiro atoms. The lowest BCUT2D eigenvalue weighted by atomic mass is 9.91. The van der Waals surface area contributed by atoms with Crippen LogP contribution in [0.2, 0.25) is 0 Å². The third-order valence-corrected chi connectivity index (χ3v) is 6.81. The first-order chi connectivity index (χ1) is 13.6. The number of halogens is 2. The number of rotatable bonds is 5. The van der Waals surface area contributed by atoms with E-state index in [0.717, 1.165) is 76.2 Å². The molecule has 4 rings (SSSR count). The Morgan fingerprint density at radius 2 is 1.77 bits per heavy atom. The summed E-state index contributed by atoms with van der Waals surface area (Å²) in [6, 6.07) is 7.96. The summed E-state index contributed by atoms with van der Waals surface area (Å²) >= 11 is 0. The Morgan fingerprint density at radius 3 is 2.43 bits per heavy atom. The second kappa shape index (κ2) is 10.8. The molecule has 1 saturated carbocycles. The van der Waals surface area contributed by atoms with Gasteiger partial charge in [0.2, 0.25) is 11.8 Å². The summed E-state index contributed by atoms with van der Waals surface area (Å²) in [5, 5.41) is 6.44. The fourth-order valence-electron chi connectivity index (χ4n) is 4.86. The number of para-hydroxylation sites is 1. The standard InChI is InChI=1S/C22H32N4O2.2ClH/c1-2-17-5-3-4-6-19(17)24-20(27)16-25-11-13-26(14-12-25)21(28)18-15-22(18)7-9-23-10-8-22;;/h3-6,18,23H,2,7-16H2,1H3,(H,24,27);2*1H. The van der Waals surface area contributed by atoms with Gasteiger partial charge in [-0.05, 0) is 55.8 Å². The van der Waals surface area contributed by atoms with E-state index in [2.05, 4.69) is 22.5 Å². The van der Waals surface area contributed by atoms with Crippen molar-refractivity contribution in [3.05, 3.63) is 29.8 Å². The number of amides is 2. The number of aryl methyl sites for hydroxylation is 1. The van der Waals surface area contributed by atoms with E-state index in [1.165, 1.54) is 0 Å². The zero-order chi connectivity index (χ0) is 19.6. The Labute approximate surface area is 192 Å².